The molecule has 1 aromatic heterocycles. The Kier molecular flexibility index (Phi) is 4.13. The smallest absolute Gasteiger partial charge is 0.0985 e. The molecule has 4 heteroatoms. The van der Waals surface area contributed by atoms with E-state index in [4.69, 9.17) is 4.74 Å². The molecule has 1 spiro atoms. The Bertz CT molecular complexity index is 432. The number of rotatable bonds is 3. The highest BCUT2D eigenvalue weighted by atomic mass is 16.5. The number of hydrogen-bond donors (Lipinski definition) is 1. The van der Waals surface area contributed by atoms with E-state index in [-0.39, 0.29) is 5.60 Å². The van der Waals surface area contributed by atoms with Gasteiger partial charge in [0.25, 0.3) is 0 Å². The van der Waals surface area contributed by atoms with Crippen LogP contribution in [0.5, 0.6) is 0 Å². The summed E-state index contributed by atoms with van der Waals surface area (Å²) in [7, 11) is 0. The van der Waals surface area contributed by atoms with Crippen LogP contribution in [0.1, 0.15) is 63.7 Å². The molecule has 0 bridgehead atoms. The predicted octanol–water partition coefficient (Wildman–Crippen LogP) is 3.07. The summed E-state index contributed by atoms with van der Waals surface area (Å²) < 4.78 is 8.18. The van der Waals surface area contributed by atoms with Crippen molar-refractivity contribution in [1.29, 1.82) is 0 Å². The Balaban J connectivity index is 1.73. The van der Waals surface area contributed by atoms with Crippen molar-refractivity contribution in [2.45, 2.75) is 70.1 Å². The molecule has 2 unspecified atom stereocenters. The summed E-state index contributed by atoms with van der Waals surface area (Å²) in [6.45, 7) is 3.74. The molecule has 2 aliphatic rings. The van der Waals surface area contributed by atoms with Gasteiger partial charge in [-0.3, -0.25) is 0 Å². The molecule has 1 N–H and O–H groups in total. The Morgan fingerprint density at radius 3 is 3.00 bits per heavy atom. The van der Waals surface area contributed by atoms with Gasteiger partial charge in [-0.25, -0.2) is 4.98 Å². The first-order valence-electron chi connectivity index (χ1n) is 8.06. The van der Waals surface area contributed by atoms with Crippen molar-refractivity contribution < 1.29 is 9.84 Å². The number of imidazole rings is 1. The summed E-state index contributed by atoms with van der Waals surface area (Å²) in [4.78, 5) is 4.18. The van der Waals surface area contributed by atoms with Crippen LogP contribution in [-0.2, 0) is 11.3 Å². The summed E-state index contributed by atoms with van der Waals surface area (Å²) in [6, 6.07) is 0. The van der Waals surface area contributed by atoms with E-state index in [0.717, 1.165) is 31.7 Å². The zero-order chi connectivity index (χ0) is 14.0. The molecule has 20 heavy (non-hydrogen) atoms. The molecular weight excluding hydrogens is 252 g/mol. The quantitative estimate of drug-likeness (QED) is 0.924. The third-order valence-corrected chi connectivity index (χ3v) is 5.13. The van der Waals surface area contributed by atoms with E-state index >= 15 is 0 Å². The van der Waals surface area contributed by atoms with Gasteiger partial charge in [0.15, 0.2) is 0 Å². The molecule has 0 aromatic carbocycles. The first kappa shape index (κ1) is 14.1. The van der Waals surface area contributed by atoms with Gasteiger partial charge in [-0.15, -0.1) is 0 Å². The van der Waals surface area contributed by atoms with Gasteiger partial charge in [-0.1, -0.05) is 19.3 Å². The number of aromatic nitrogens is 2. The minimum absolute atomic E-state index is 0.0548. The van der Waals surface area contributed by atoms with Gasteiger partial charge in [0.2, 0.25) is 0 Å². The average molecular weight is 278 g/mol. The Morgan fingerprint density at radius 2 is 2.25 bits per heavy atom. The Morgan fingerprint density at radius 1 is 1.45 bits per heavy atom. The minimum atomic E-state index is -0.403. The first-order valence-corrected chi connectivity index (χ1v) is 8.06. The Labute approximate surface area is 121 Å². The normalized spacial score (nSPS) is 27.6. The lowest BCUT2D eigenvalue weighted by molar-refractivity contribution is -0.134. The Hall–Kier alpha value is -0.870. The van der Waals surface area contributed by atoms with Gasteiger partial charge in [0.1, 0.15) is 0 Å². The van der Waals surface area contributed by atoms with Crippen LogP contribution in [0.3, 0.4) is 0 Å². The van der Waals surface area contributed by atoms with E-state index in [1.165, 1.54) is 32.1 Å². The summed E-state index contributed by atoms with van der Waals surface area (Å²) in [5.41, 5.74) is 1.02. The van der Waals surface area contributed by atoms with Gasteiger partial charge in [-0.05, 0) is 38.5 Å². The van der Waals surface area contributed by atoms with Crippen LogP contribution in [0, 0.1) is 5.92 Å². The zero-order valence-electron chi connectivity index (χ0n) is 12.4. The summed E-state index contributed by atoms with van der Waals surface area (Å²) >= 11 is 0. The number of aliphatic hydroxyl groups is 1. The second-order valence-corrected chi connectivity index (χ2v) is 6.39. The van der Waals surface area contributed by atoms with Gasteiger partial charge < -0.3 is 14.4 Å². The number of aliphatic hydroxyl groups excluding tert-OH is 1. The fourth-order valence-electron chi connectivity index (χ4n) is 3.96. The van der Waals surface area contributed by atoms with Crippen molar-refractivity contribution >= 4 is 0 Å². The van der Waals surface area contributed by atoms with Crippen molar-refractivity contribution in [3.63, 3.8) is 0 Å². The maximum atomic E-state index is 10.7. The SMILES string of the molecule is CCn1cncc1C(O)C1CCOC2(CCCCC2)C1. The molecule has 112 valence electrons. The number of hydrogen-bond acceptors (Lipinski definition) is 3. The van der Waals surface area contributed by atoms with Crippen LogP contribution in [0.15, 0.2) is 12.5 Å². The van der Waals surface area contributed by atoms with Crippen molar-refractivity contribution in [1.82, 2.24) is 9.55 Å². The molecular formula is C16H26N2O2. The summed E-state index contributed by atoms with van der Waals surface area (Å²) in [6.07, 6.45) is 11.4. The lowest BCUT2D eigenvalue weighted by Gasteiger charge is -2.44. The molecule has 2 fully saturated rings. The minimum Gasteiger partial charge on any atom is -0.387 e. The van der Waals surface area contributed by atoms with E-state index in [1.54, 1.807) is 0 Å². The maximum absolute atomic E-state index is 10.7. The highest BCUT2D eigenvalue weighted by Crippen LogP contribution is 2.44. The topological polar surface area (TPSA) is 47.3 Å². The largest absolute Gasteiger partial charge is 0.387 e. The molecule has 1 saturated carbocycles. The molecule has 0 amide bonds. The highest BCUT2D eigenvalue weighted by Gasteiger charge is 2.41. The van der Waals surface area contributed by atoms with Crippen LogP contribution in [0.25, 0.3) is 0 Å². The predicted molar refractivity (Wildman–Crippen MR) is 77.4 cm³/mol. The van der Waals surface area contributed by atoms with Crippen LogP contribution in [-0.4, -0.2) is 26.9 Å². The zero-order valence-corrected chi connectivity index (χ0v) is 12.4. The van der Waals surface area contributed by atoms with Crippen LogP contribution in [0.4, 0.5) is 0 Å². The fraction of sp³-hybridized carbons (Fsp3) is 0.812. The van der Waals surface area contributed by atoms with Gasteiger partial charge in [-0.2, -0.15) is 0 Å². The van der Waals surface area contributed by atoms with E-state index in [9.17, 15) is 5.11 Å². The lowest BCUT2D eigenvalue weighted by atomic mass is 9.74. The lowest BCUT2D eigenvalue weighted by Crippen LogP contribution is -2.43. The fourth-order valence-corrected chi connectivity index (χ4v) is 3.96. The van der Waals surface area contributed by atoms with Crippen LogP contribution < -0.4 is 0 Å². The van der Waals surface area contributed by atoms with Crippen LogP contribution in [0.2, 0.25) is 0 Å². The molecule has 0 radical (unpaired) electrons. The molecule has 1 aromatic rings. The number of aryl methyl sites for hydroxylation is 1. The maximum Gasteiger partial charge on any atom is 0.0985 e. The van der Waals surface area contributed by atoms with E-state index < -0.39 is 6.10 Å². The number of ether oxygens (including phenoxy) is 1. The standard InChI is InChI=1S/C16H26N2O2/c1-2-18-12-17-11-14(18)15(19)13-6-9-20-16(10-13)7-4-3-5-8-16/h11-13,15,19H,2-10H2,1H3. The molecule has 3 rings (SSSR count). The third kappa shape index (κ3) is 2.63. The highest BCUT2D eigenvalue weighted by molar-refractivity contribution is 5.06. The van der Waals surface area contributed by atoms with Crippen molar-refractivity contribution in [3.05, 3.63) is 18.2 Å². The van der Waals surface area contributed by atoms with Gasteiger partial charge in [0, 0.05) is 13.2 Å². The monoisotopic (exact) mass is 278 g/mol. The van der Waals surface area contributed by atoms with Crippen molar-refractivity contribution in [2.24, 2.45) is 5.92 Å². The molecule has 4 nitrogen and oxygen atoms in total. The van der Waals surface area contributed by atoms with Gasteiger partial charge in [0.05, 0.1) is 29.9 Å². The molecule has 1 aliphatic heterocycles. The summed E-state index contributed by atoms with van der Waals surface area (Å²) in [5.74, 6) is 0.309. The van der Waals surface area contributed by atoms with Crippen LogP contribution >= 0.6 is 0 Å². The molecule has 1 aliphatic carbocycles. The second-order valence-electron chi connectivity index (χ2n) is 6.39. The van der Waals surface area contributed by atoms with Gasteiger partial charge >= 0.3 is 0 Å². The van der Waals surface area contributed by atoms with E-state index in [1.807, 2.05) is 17.1 Å². The molecule has 2 atom stereocenters. The van der Waals surface area contributed by atoms with E-state index in [2.05, 4.69) is 11.9 Å². The molecule has 2 heterocycles. The summed E-state index contributed by atoms with van der Waals surface area (Å²) in [5, 5.41) is 10.7. The second kappa shape index (κ2) is 5.86. The third-order valence-electron chi connectivity index (χ3n) is 5.13. The number of nitrogens with zero attached hydrogens (tertiary/aromatic N) is 2. The van der Waals surface area contributed by atoms with Crippen molar-refractivity contribution in [3.8, 4) is 0 Å². The van der Waals surface area contributed by atoms with E-state index in [0.29, 0.717) is 5.92 Å². The van der Waals surface area contributed by atoms with Crippen molar-refractivity contribution in [2.75, 3.05) is 6.61 Å². The first-order chi connectivity index (χ1) is 9.74. The average Bonchev–Trinajstić information content (AvgIpc) is 2.96. The molecule has 1 saturated heterocycles.